The molecule has 0 radical (unpaired) electrons. The molecule has 94 valence electrons. The van der Waals surface area contributed by atoms with E-state index >= 15 is 0 Å². The van der Waals surface area contributed by atoms with E-state index in [4.69, 9.17) is 15.2 Å². The maximum atomic E-state index is 6.30. The molecule has 0 aromatic heterocycles. The fraction of sp³-hybridized carbons (Fsp3) is 0.538. The summed E-state index contributed by atoms with van der Waals surface area (Å²) in [6.45, 7) is 0.331. The molecule has 2 aliphatic rings. The summed E-state index contributed by atoms with van der Waals surface area (Å²) in [7, 11) is 0. The van der Waals surface area contributed by atoms with Crippen molar-refractivity contribution in [3.05, 3.63) is 23.8 Å². The minimum Gasteiger partial charge on any atom is -0.454 e. The Labute approximate surface area is 108 Å². The lowest BCUT2D eigenvalue weighted by Gasteiger charge is -2.19. The van der Waals surface area contributed by atoms with Crippen molar-refractivity contribution in [2.75, 3.05) is 6.79 Å². The van der Waals surface area contributed by atoms with Crippen molar-refractivity contribution in [1.82, 2.24) is 0 Å². The molecule has 1 heterocycles. The van der Waals surface area contributed by atoms with Crippen LogP contribution in [0.5, 0.6) is 11.5 Å². The van der Waals surface area contributed by atoms with Crippen LogP contribution in [-0.2, 0) is 0 Å². The van der Waals surface area contributed by atoms with E-state index in [1.54, 1.807) is 0 Å². The smallest absolute Gasteiger partial charge is 0.231 e. The van der Waals surface area contributed by atoms with Crippen LogP contribution in [0.25, 0.3) is 0 Å². The van der Waals surface area contributed by atoms with Crippen molar-refractivity contribution < 1.29 is 9.47 Å². The van der Waals surface area contributed by atoms with Gasteiger partial charge in [0, 0.05) is 6.04 Å². The van der Waals surface area contributed by atoms with Gasteiger partial charge in [-0.25, -0.2) is 0 Å². The lowest BCUT2D eigenvalue weighted by atomic mass is 9.92. The van der Waals surface area contributed by atoms with E-state index in [1.807, 2.05) is 12.1 Å². The zero-order chi connectivity index (χ0) is 11.0. The van der Waals surface area contributed by atoms with Gasteiger partial charge in [0.15, 0.2) is 11.5 Å². The molecule has 1 aromatic rings. The zero-order valence-electron chi connectivity index (χ0n) is 9.72. The minimum absolute atomic E-state index is 0. The summed E-state index contributed by atoms with van der Waals surface area (Å²) in [4.78, 5) is 0. The first-order chi connectivity index (χ1) is 7.84. The standard InChI is InChI=1S/C13H17NO2.ClH/c14-13(9-3-1-2-4-9)10-5-6-11-12(7-10)16-8-15-11;/h5-7,9,13H,1-4,8,14H2;1H. The predicted octanol–water partition coefficient (Wildman–Crippen LogP) is 3.03. The van der Waals surface area contributed by atoms with Crippen LogP contribution in [0, 0.1) is 5.92 Å². The minimum atomic E-state index is 0. The monoisotopic (exact) mass is 255 g/mol. The Bertz CT molecular complexity index is 391. The summed E-state index contributed by atoms with van der Waals surface area (Å²) in [5, 5.41) is 0. The first-order valence-corrected chi connectivity index (χ1v) is 6.00. The molecule has 0 bridgehead atoms. The second-order valence-corrected chi connectivity index (χ2v) is 4.68. The van der Waals surface area contributed by atoms with E-state index in [-0.39, 0.29) is 18.4 Å². The van der Waals surface area contributed by atoms with Gasteiger partial charge in [-0.2, -0.15) is 0 Å². The van der Waals surface area contributed by atoms with Gasteiger partial charge in [-0.15, -0.1) is 12.4 Å². The van der Waals surface area contributed by atoms with Crippen LogP contribution >= 0.6 is 12.4 Å². The topological polar surface area (TPSA) is 44.5 Å². The summed E-state index contributed by atoms with van der Waals surface area (Å²) < 4.78 is 10.7. The van der Waals surface area contributed by atoms with Crippen LogP contribution in [0.3, 0.4) is 0 Å². The maximum absolute atomic E-state index is 6.30. The quantitative estimate of drug-likeness (QED) is 0.884. The largest absolute Gasteiger partial charge is 0.454 e. The third-order valence-corrected chi connectivity index (χ3v) is 3.69. The molecule has 1 unspecified atom stereocenters. The number of nitrogens with two attached hydrogens (primary N) is 1. The summed E-state index contributed by atoms with van der Waals surface area (Å²) in [6.07, 6.45) is 5.16. The SMILES string of the molecule is Cl.NC(c1ccc2c(c1)OCO2)C1CCCC1. The third-order valence-electron chi connectivity index (χ3n) is 3.69. The molecule has 1 atom stereocenters. The third kappa shape index (κ3) is 2.35. The Kier molecular flexibility index (Phi) is 3.79. The first-order valence-electron chi connectivity index (χ1n) is 6.00. The summed E-state index contributed by atoms with van der Waals surface area (Å²) in [6, 6.07) is 6.21. The van der Waals surface area contributed by atoms with E-state index < -0.39 is 0 Å². The number of hydrogen-bond acceptors (Lipinski definition) is 3. The molecule has 3 nitrogen and oxygen atoms in total. The molecule has 1 fully saturated rings. The summed E-state index contributed by atoms with van der Waals surface area (Å²) in [5.41, 5.74) is 7.47. The molecule has 0 spiro atoms. The molecule has 1 aliphatic carbocycles. The van der Waals surface area contributed by atoms with Crippen LogP contribution in [0.15, 0.2) is 18.2 Å². The Morgan fingerprint density at radius 1 is 1.12 bits per heavy atom. The van der Waals surface area contributed by atoms with Crippen molar-refractivity contribution >= 4 is 12.4 Å². The lowest BCUT2D eigenvalue weighted by Crippen LogP contribution is -2.18. The first kappa shape index (κ1) is 12.5. The van der Waals surface area contributed by atoms with Gasteiger partial charge in [-0.05, 0) is 36.5 Å². The summed E-state index contributed by atoms with van der Waals surface area (Å²) in [5.74, 6) is 2.31. The second-order valence-electron chi connectivity index (χ2n) is 4.68. The molecule has 1 aromatic carbocycles. The van der Waals surface area contributed by atoms with Crippen LogP contribution in [0.1, 0.15) is 37.3 Å². The molecule has 17 heavy (non-hydrogen) atoms. The highest BCUT2D eigenvalue weighted by Gasteiger charge is 2.24. The van der Waals surface area contributed by atoms with E-state index in [1.165, 1.54) is 31.2 Å². The fourth-order valence-electron chi connectivity index (χ4n) is 2.71. The average Bonchev–Trinajstić information content (AvgIpc) is 2.98. The maximum Gasteiger partial charge on any atom is 0.231 e. The van der Waals surface area contributed by atoms with Gasteiger partial charge < -0.3 is 15.2 Å². The van der Waals surface area contributed by atoms with Gasteiger partial charge in [-0.1, -0.05) is 18.9 Å². The van der Waals surface area contributed by atoms with Crippen LogP contribution in [-0.4, -0.2) is 6.79 Å². The Hall–Kier alpha value is -0.930. The van der Waals surface area contributed by atoms with Crippen molar-refractivity contribution in [2.24, 2.45) is 11.7 Å². The highest BCUT2D eigenvalue weighted by atomic mass is 35.5. The highest BCUT2D eigenvalue weighted by Crippen LogP contribution is 2.38. The van der Waals surface area contributed by atoms with Crippen LogP contribution in [0.2, 0.25) is 0 Å². The lowest BCUT2D eigenvalue weighted by molar-refractivity contribution is 0.174. The number of hydrogen-bond donors (Lipinski definition) is 1. The van der Waals surface area contributed by atoms with Gasteiger partial charge in [0.05, 0.1) is 0 Å². The molecular formula is C13H18ClNO2. The zero-order valence-corrected chi connectivity index (χ0v) is 10.5. The molecule has 4 heteroatoms. The van der Waals surface area contributed by atoms with Crippen LogP contribution in [0.4, 0.5) is 0 Å². The number of fused-ring (bicyclic) bond motifs is 1. The highest BCUT2D eigenvalue weighted by molar-refractivity contribution is 5.85. The predicted molar refractivity (Wildman–Crippen MR) is 68.7 cm³/mol. The number of rotatable bonds is 2. The molecule has 2 N–H and O–H groups in total. The van der Waals surface area contributed by atoms with E-state index in [0.717, 1.165) is 11.5 Å². The number of halogens is 1. The average molecular weight is 256 g/mol. The molecule has 1 aliphatic heterocycles. The Morgan fingerprint density at radius 2 is 1.82 bits per heavy atom. The van der Waals surface area contributed by atoms with Gasteiger partial charge in [0.25, 0.3) is 0 Å². The van der Waals surface area contributed by atoms with Crippen molar-refractivity contribution in [3.63, 3.8) is 0 Å². The molecule has 0 amide bonds. The molecule has 1 saturated carbocycles. The van der Waals surface area contributed by atoms with E-state index in [9.17, 15) is 0 Å². The molecular weight excluding hydrogens is 238 g/mol. The van der Waals surface area contributed by atoms with Crippen molar-refractivity contribution in [1.29, 1.82) is 0 Å². The summed E-state index contributed by atoms with van der Waals surface area (Å²) >= 11 is 0. The normalized spacial score (nSPS) is 20.1. The van der Waals surface area contributed by atoms with E-state index in [0.29, 0.717) is 12.7 Å². The molecule has 3 rings (SSSR count). The fourth-order valence-corrected chi connectivity index (χ4v) is 2.71. The van der Waals surface area contributed by atoms with E-state index in [2.05, 4.69) is 6.07 Å². The number of ether oxygens (including phenoxy) is 2. The Balaban J connectivity index is 0.00000108. The van der Waals surface area contributed by atoms with Gasteiger partial charge in [0.1, 0.15) is 0 Å². The van der Waals surface area contributed by atoms with Crippen molar-refractivity contribution in [2.45, 2.75) is 31.7 Å². The van der Waals surface area contributed by atoms with Gasteiger partial charge >= 0.3 is 0 Å². The molecule has 0 saturated heterocycles. The second kappa shape index (κ2) is 5.15. The van der Waals surface area contributed by atoms with Gasteiger partial charge in [0.2, 0.25) is 6.79 Å². The Morgan fingerprint density at radius 3 is 2.59 bits per heavy atom. The van der Waals surface area contributed by atoms with Crippen LogP contribution < -0.4 is 15.2 Å². The van der Waals surface area contributed by atoms with Gasteiger partial charge in [-0.3, -0.25) is 0 Å². The van der Waals surface area contributed by atoms with Crippen molar-refractivity contribution in [3.8, 4) is 11.5 Å². The number of benzene rings is 1.